The van der Waals surface area contributed by atoms with Gasteiger partial charge < -0.3 is 10.2 Å². The second-order valence-corrected chi connectivity index (χ2v) is 4.54. The zero-order chi connectivity index (χ0) is 13.8. The fourth-order valence-electron chi connectivity index (χ4n) is 1.31. The summed E-state index contributed by atoms with van der Waals surface area (Å²) in [4.78, 5) is 19.7. The zero-order valence-corrected chi connectivity index (χ0v) is 11.2. The molecule has 2 aromatic heterocycles. The van der Waals surface area contributed by atoms with Gasteiger partial charge in [-0.25, -0.2) is 25.7 Å². The van der Waals surface area contributed by atoms with E-state index in [1.165, 1.54) is 16.3 Å². The molecule has 19 heavy (non-hydrogen) atoms. The number of ether oxygens (including phenoxy) is 1. The second-order valence-electron chi connectivity index (χ2n) is 3.56. The van der Waals surface area contributed by atoms with Crippen LogP contribution in [-0.2, 0) is 18.4 Å². The van der Waals surface area contributed by atoms with Crippen LogP contribution in [0.25, 0.3) is 0 Å². The predicted octanol–water partition coefficient (Wildman–Crippen LogP) is -0.518. The highest BCUT2D eigenvalue weighted by molar-refractivity contribution is 7.99. The molecule has 4 N–H and O–H groups in total. The molecule has 2 rings (SSSR count). The molecule has 0 spiro atoms. The number of nitrogen functional groups attached to an aromatic ring is 1. The van der Waals surface area contributed by atoms with Crippen LogP contribution in [0, 0.1) is 0 Å². The Morgan fingerprint density at radius 2 is 2.37 bits per heavy atom. The highest BCUT2D eigenvalue weighted by atomic mass is 32.2. The predicted molar refractivity (Wildman–Crippen MR) is 68.5 cm³/mol. The minimum absolute atomic E-state index is 0.266. The number of hydrogen-bond acceptors (Lipinski definition) is 8. The number of H-pyrrole nitrogens is 1. The van der Waals surface area contributed by atoms with Crippen molar-refractivity contribution in [3.05, 3.63) is 22.4 Å². The van der Waals surface area contributed by atoms with Crippen LogP contribution >= 0.6 is 11.8 Å². The number of aromatic nitrogens is 5. The summed E-state index contributed by atoms with van der Waals surface area (Å²) >= 11 is 1.22. The first-order valence-electron chi connectivity index (χ1n) is 5.26. The lowest BCUT2D eigenvalue weighted by atomic mass is 10.5. The minimum Gasteiger partial charge on any atom is -0.377 e. The smallest absolute Gasteiger partial charge is 0.343 e. The molecule has 0 atom stereocenters. The third-order valence-electron chi connectivity index (χ3n) is 2.20. The van der Waals surface area contributed by atoms with Crippen LogP contribution in [0.2, 0.25) is 0 Å². The highest BCUT2D eigenvalue weighted by Gasteiger charge is 2.10. The van der Waals surface area contributed by atoms with Gasteiger partial charge in [-0.15, -0.1) is 5.10 Å². The van der Waals surface area contributed by atoms with Crippen molar-refractivity contribution in [1.82, 2.24) is 24.7 Å². The van der Waals surface area contributed by atoms with Crippen LogP contribution in [0.1, 0.15) is 5.82 Å². The largest absolute Gasteiger partial charge is 0.377 e. The molecule has 0 bridgehead atoms. The average molecular weight is 283 g/mol. The number of hydrazine groups is 1. The molecule has 0 amide bonds. The summed E-state index contributed by atoms with van der Waals surface area (Å²) in [7, 11) is 3.17. The summed E-state index contributed by atoms with van der Waals surface area (Å²) < 4.78 is 6.37. The third kappa shape index (κ3) is 3.10. The summed E-state index contributed by atoms with van der Waals surface area (Å²) in [6.45, 7) is 0.266. The van der Waals surface area contributed by atoms with E-state index in [4.69, 9.17) is 10.6 Å². The van der Waals surface area contributed by atoms with Crippen molar-refractivity contribution in [1.29, 1.82) is 0 Å². The van der Waals surface area contributed by atoms with E-state index in [1.54, 1.807) is 20.2 Å². The van der Waals surface area contributed by atoms with E-state index in [0.29, 0.717) is 21.8 Å². The number of nitrogens with one attached hydrogen (secondary N) is 2. The van der Waals surface area contributed by atoms with Crippen LogP contribution in [0.15, 0.2) is 21.0 Å². The Hall–Kier alpha value is -1.91. The van der Waals surface area contributed by atoms with E-state index in [-0.39, 0.29) is 12.3 Å². The molecule has 0 aromatic carbocycles. The first-order chi connectivity index (χ1) is 9.13. The second kappa shape index (κ2) is 5.82. The van der Waals surface area contributed by atoms with Gasteiger partial charge in [0.25, 0.3) is 0 Å². The molecule has 2 aromatic rings. The Balaban J connectivity index is 2.31. The number of aromatic amines is 1. The third-order valence-corrected chi connectivity index (χ3v) is 3.17. The van der Waals surface area contributed by atoms with Gasteiger partial charge >= 0.3 is 5.69 Å². The number of anilines is 1. The monoisotopic (exact) mass is 283 g/mol. The van der Waals surface area contributed by atoms with Crippen molar-refractivity contribution in [2.45, 2.75) is 16.8 Å². The highest BCUT2D eigenvalue weighted by Crippen LogP contribution is 2.24. The molecule has 0 unspecified atom stereocenters. The Labute approximate surface area is 112 Å². The number of nitrogens with two attached hydrogens (primary N) is 1. The summed E-state index contributed by atoms with van der Waals surface area (Å²) in [5, 5.41) is 7.34. The van der Waals surface area contributed by atoms with Gasteiger partial charge in [-0.2, -0.15) is 0 Å². The Morgan fingerprint density at radius 3 is 2.95 bits per heavy atom. The molecule has 2 heterocycles. The number of hydrogen-bond donors (Lipinski definition) is 3. The Bertz CT molecular complexity index is 623. The van der Waals surface area contributed by atoms with Crippen LogP contribution in [0.3, 0.4) is 0 Å². The first kappa shape index (κ1) is 13.5. The molecule has 9 nitrogen and oxygen atoms in total. The molecular weight excluding hydrogens is 270 g/mol. The maximum absolute atomic E-state index is 11.3. The van der Waals surface area contributed by atoms with Gasteiger partial charge in [0.1, 0.15) is 17.5 Å². The van der Waals surface area contributed by atoms with Gasteiger partial charge in [-0.1, -0.05) is 0 Å². The normalized spacial score (nSPS) is 10.7. The lowest BCUT2D eigenvalue weighted by Crippen LogP contribution is -2.13. The lowest BCUT2D eigenvalue weighted by Gasteiger charge is -2.06. The fourth-order valence-corrected chi connectivity index (χ4v) is 2.13. The van der Waals surface area contributed by atoms with Crippen molar-refractivity contribution in [2.24, 2.45) is 12.9 Å². The zero-order valence-electron chi connectivity index (χ0n) is 10.4. The van der Waals surface area contributed by atoms with Crippen molar-refractivity contribution < 1.29 is 4.74 Å². The number of methoxy groups -OCH3 is 1. The van der Waals surface area contributed by atoms with Crippen LogP contribution in [0.4, 0.5) is 5.82 Å². The molecule has 0 aliphatic heterocycles. The van der Waals surface area contributed by atoms with Gasteiger partial charge in [0, 0.05) is 20.2 Å². The van der Waals surface area contributed by atoms with E-state index < -0.39 is 0 Å². The SMILES string of the molecule is COCc1nc(NN)cc(Sc2n[nH]c(=O)n2C)n1. The Morgan fingerprint density at radius 1 is 1.58 bits per heavy atom. The van der Waals surface area contributed by atoms with Gasteiger partial charge in [-0.3, -0.25) is 4.57 Å². The van der Waals surface area contributed by atoms with Gasteiger partial charge in [-0.05, 0) is 11.8 Å². The van der Waals surface area contributed by atoms with Crippen LogP contribution in [-0.4, -0.2) is 31.8 Å². The summed E-state index contributed by atoms with van der Waals surface area (Å²) in [5.41, 5.74) is 2.17. The van der Waals surface area contributed by atoms with E-state index in [9.17, 15) is 4.79 Å². The van der Waals surface area contributed by atoms with Crippen LogP contribution < -0.4 is 17.0 Å². The molecule has 0 aliphatic rings. The quantitative estimate of drug-likeness (QED) is 0.380. The molecule has 102 valence electrons. The molecular formula is C9H13N7O2S. The number of nitrogens with zero attached hydrogens (tertiary/aromatic N) is 4. The molecule has 0 aliphatic carbocycles. The fraction of sp³-hybridized carbons (Fsp3) is 0.333. The molecule has 0 radical (unpaired) electrons. The van der Waals surface area contributed by atoms with Crippen LogP contribution in [0.5, 0.6) is 0 Å². The maximum Gasteiger partial charge on any atom is 0.343 e. The van der Waals surface area contributed by atoms with Gasteiger partial charge in [0.2, 0.25) is 0 Å². The van der Waals surface area contributed by atoms with Gasteiger partial charge in [0.15, 0.2) is 11.0 Å². The standard InChI is InChI=1S/C9H13N7O2S/c1-16-8(17)14-15-9(16)19-7-3-5(13-10)11-6(12-7)4-18-2/h3H,4,10H2,1-2H3,(H,14,17)(H,11,12,13). The summed E-state index contributed by atoms with van der Waals surface area (Å²) in [5.74, 6) is 6.29. The lowest BCUT2D eigenvalue weighted by molar-refractivity contribution is 0.177. The first-order valence-corrected chi connectivity index (χ1v) is 6.08. The molecule has 0 saturated heterocycles. The van der Waals surface area contributed by atoms with Crippen molar-refractivity contribution in [2.75, 3.05) is 12.5 Å². The molecule has 0 fully saturated rings. The van der Waals surface area contributed by atoms with Crippen molar-refractivity contribution >= 4 is 17.6 Å². The average Bonchev–Trinajstić information content (AvgIpc) is 2.71. The minimum atomic E-state index is -0.286. The summed E-state index contributed by atoms with van der Waals surface area (Å²) in [6.07, 6.45) is 0. The van der Waals surface area contributed by atoms with E-state index >= 15 is 0 Å². The molecule has 10 heteroatoms. The Kier molecular flexibility index (Phi) is 4.14. The van der Waals surface area contributed by atoms with E-state index in [1.807, 2.05) is 0 Å². The van der Waals surface area contributed by atoms with Crippen molar-refractivity contribution in [3.63, 3.8) is 0 Å². The van der Waals surface area contributed by atoms with Crippen molar-refractivity contribution in [3.8, 4) is 0 Å². The topological polar surface area (TPSA) is 124 Å². The summed E-state index contributed by atoms with van der Waals surface area (Å²) in [6, 6.07) is 1.66. The van der Waals surface area contributed by atoms with E-state index in [2.05, 4.69) is 25.6 Å². The number of rotatable bonds is 5. The van der Waals surface area contributed by atoms with Gasteiger partial charge in [0.05, 0.1) is 0 Å². The van der Waals surface area contributed by atoms with E-state index in [0.717, 1.165) is 0 Å². The maximum atomic E-state index is 11.3. The molecule has 0 saturated carbocycles.